The lowest BCUT2D eigenvalue weighted by Crippen LogP contribution is -2.33. The molecule has 0 saturated heterocycles. The quantitative estimate of drug-likeness (QED) is 0.872. The van der Waals surface area contributed by atoms with Crippen LogP contribution in [0.2, 0.25) is 0 Å². The summed E-state index contributed by atoms with van der Waals surface area (Å²) in [7, 11) is 1.58. The molecule has 0 saturated carbocycles. The Bertz CT molecular complexity index is 467. The zero-order valence-corrected chi connectivity index (χ0v) is 13.4. The number of amides is 1. The molecule has 0 radical (unpaired) electrons. The standard InChI is InChI=1S/C14H21BrN2O2/c1-9-7-10(15)8-11(19-4)13(9)17-12(18)5-6-14(2,3)16/h7-8H,5-6,16H2,1-4H3,(H,17,18). The summed E-state index contributed by atoms with van der Waals surface area (Å²) in [5.74, 6) is 0.592. The maximum Gasteiger partial charge on any atom is 0.224 e. The number of benzene rings is 1. The van der Waals surface area contributed by atoms with Gasteiger partial charge >= 0.3 is 0 Å². The van der Waals surface area contributed by atoms with Crippen molar-refractivity contribution in [2.24, 2.45) is 5.73 Å². The fraction of sp³-hybridized carbons (Fsp3) is 0.500. The number of nitrogens with one attached hydrogen (secondary N) is 1. The second-order valence-corrected chi connectivity index (χ2v) is 6.25. The van der Waals surface area contributed by atoms with Crippen LogP contribution in [0.3, 0.4) is 0 Å². The van der Waals surface area contributed by atoms with Gasteiger partial charge in [-0.15, -0.1) is 0 Å². The number of carbonyl (C=O) groups excluding carboxylic acids is 1. The summed E-state index contributed by atoms with van der Waals surface area (Å²) in [6.07, 6.45) is 1.03. The fourth-order valence-electron chi connectivity index (χ4n) is 1.67. The second-order valence-electron chi connectivity index (χ2n) is 5.34. The van der Waals surface area contributed by atoms with Crippen LogP contribution in [-0.4, -0.2) is 18.6 Å². The summed E-state index contributed by atoms with van der Waals surface area (Å²) in [5.41, 5.74) is 7.20. The number of aryl methyl sites for hydroxylation is 1. The number of hydrogen-bond donors (Lipinski definition) is 2. The zero-order valence-electron chi connectivity index (χ0n) is 11.8. The Balaban J connectivity index is 2.79. The number of nitrogens with two attached hydrogens (primary N) is 1. The van der Waals surface area contributed by atoms with Gasteiger partial charge in [-0.3, -0.25) is 4.79 Å². The molecule has 0 unspecified atom stereocenters. The molecule has 106 valence electrons. The van der Waals surface area contributed by atoms with Gasteiger partial charge in [0.2, 0.25) is 5.91 Å². The molecule has 0 heterocycles. The highest BCUT2D eigenvalue weighted by Gasteiger charge is 2.15. The lowest BCUT2D eigenvalue weighted by molar-refractivity contribution is -0.116. The van der Waals surface area contributed by atoms with Gasteiger partial charge in [0.15, 0.2) is 0 Å². The molecule has 0 atom stereocenters. The lowest BCUT2D eigenvalue weighted by Gasteiger charge is -2.18. The molecule has 1 rings (SSSR count). The molecule has 0 aliphatic rings. The summed E-state index contributed by atoms with van der Waals surface area (Å²) in [6, 6.07) is 3.76. The van der Waals surface area contributed by atoms with Gasteiger partial charge in [-0.25, -0.2) is 0 Å². The third-order valence-electron chi connectivity index (χ3n) is 2.74. The summed E-state index contributed by atoms with van der Waals surface area (Å²) < 4.78 is 6.20. The average Bonchev–Trinajstić information content (AvgIpc) is 2.28. The smallest absolute Gasteiger partial charge is 0.224 e. The van der Waals surface area contributed by atoms with Crippen molar-refractivity contribution in [2.45, 2.75) is 39.2 Å². The molecule has 19 heavy (non-hydrogen) atoms. The number of ether oxygens (including phenoxy) is 1. The van der Waals surface area contributed by atoms with Crippen molar-refractivity contribution in [1.82, 2.24) is 0 Å². The molecule has 1 aromatic rings. The minimum Gasteiger partial charge on any atom is -0.495 e. The first kappa shape index (κ1) is 16.0. The molecule has 0 fully saturated rings. The highest BCUT2D eigenvalue weighted by atomic mass is 79.9. The molecule has 5 heteroatoms. The molecule has 0 bridgehead atoms. The van der Waals surface area contributed by atoms with E-state index in [0.29, 0.717) is 24.3 Å². The first-order chi connectivity index (χ1) is 8.73. The Morgan fingerprint density at radius 3 is 2.63 bits per heavy atom. The molecule has 1 amide bonds. The largest absolute Gasteiger partial charge is 0.495 e. The molecule has 0 spiro atoms. The van der Waals surface area contributed by atoms with Gasteiger partial charge in [-0.1, -0.05) is 15.9 Å². The van der Waals surface area contributed by atoms with E-state index >= 15 is 0 Å². The summed E-state index contributed by atoms with van der Waals surface area (Å²) in [6.45, 7) is 5.74. The van der Waals surface area contributed by atoms with Crippen LogP contribution in [0.15, 0.2) is 16.6 Å². The van der Waals surface area contributed by atoms with Crippen molar-refractivity contribution in [2.75, 3.05) is 12.4 Å². The van der Waals surface area contributed by atoms with E-state index in [1.165, 1.54) is 0 Å². The van der Waals surface area contributed by atoms with Crippen molar-refractivity contribution >= 4 is 27.5 Å². The predicted octanol–water partition coefficient (Wildman–Crippen LogP) is 3.22. The lowest BCUT2D eigenvalue weighted by atomic mass is 10.00. The van der Waals surface area contributed by atoms with Crippen LogP contribution >= 0.6 is 15.9 Å². The first-order valence-corrected chi connectivity index (χ1v) is 6.95. The van der Waals surface area contributed by atoms with Crippen LogP contribution in [0, 0.1) is 6.92 Å². The molecule has 3 N–H and O–H groups in total. The van der Waals surface area contributed by atoms with Gasteiger partial charge < -0.3 is 15.8 Å². The third kappa shape index (κ3) is 5.20. The summed E-state index contributed by atoms with van der Waals surface area (Å²) in [5, 5.41) is 2.89. The van der Waals surface area contributed by atoms with Crippen molar-refractivity contribution in [3.8, 4) is 5.75 Å². The van der Waals surface area contributed by atoms with Gasteiger partial charge in [-0.2, -0.15) is 0 Å². The zero-order chi connectivity index (χ0) is 14.6. The summed E-state index contributed by atoms with van der Waals surface area (Å²) >= 11 is 3.40. The molecule has 0 aromatic heterocycles. The normalized spacial score (nSPS) is 11.3. The van der Waals surface area contributed by atoms with Crippen molar-refractivity contribution in [3.05, 3.63) is 22.2 Å². The van der Waals surface area contributed by atoms with Crippen LogP contribution in [0.1, 0.15) is 32.3 Å². The predicted molar refractivity (Wildman–Crippen MR) is 81.6 cm³/mol. The van der Waals surface area contributed by atoms with Crippen molar-refractivity contribution in [3.63, 3.8) is 0 Å². The van der Waals surface area contributed by atoms with Crippen LogP contribution < -0.4 is 15.8 Å². The SMILES string of the molecule is COc1cc(Br)cc(C)c1NC(=O)CCC(C)(C)N. The second kappa shape index (κ2) is 6.39. The van der Waals surface area contributed by atoms with E-state index in [4.69, 9.17) is 10.5 Å². The van der Waals surface area contributed by atoms with Crippen LogP contribution in [0.4, 0.5) is 5.69 Å². The average molecular weight is 329 g/mol. The number of rotatable bonds is 5. The van der Waals surface area contributed by atoms with Crippen LogP contribution in [0.25, 0.3) is 0 Å². The molecule has 0 aliphatic carbocycles. The van der Waals surface area contributed by atoms with Crippen molar-refractivity contribution in [1.29, 1.82) is 0 Å². The minimum atomic E-state index is -0.337. The van der Waals surface area contributed by atoms with Gasteiger partial charge in [0.25, 0.3) is 0 Å². The van der Waals surface area contributed by atoms with Gasteiger partial charge in [0, 0.05) is 16.4 Å². The number of carbonyl (C=O) groups is 1. The van der Waals surface area contributed by atoms with Crippen LogP contribution in [-0.2, 0) is 4.79 Å². The number of halogens is 1. The number of methoxy groups -OCH3 is 1. The maximum atomic E-state index is 11.9. The Morgan fingerprint density at radius 2 is 2.11 bits per heavy atom. The maximum absolute atomic E-state index is 11.9. The van der Waals surface area contributed by atoms with Gasteiger partial charge in [0.1, 0.15) is 5.75 Å². The highest BCUT2D eigenvalue weighted by Crippen LogP contribution is 2.32. The van der Waals surface area contributed by atoms with Gasteiger partial charge in [-0.05, 0) is 44.9 Å². The Hall–Kier alpha value is -1.07. The van der Waals surface area contributed by atoms with E-state index in [1.807, 2.05) is 32.9 Å². The number of anilines is 1. The van der Waals surface area contributed by atoms with Crippen molar-refractivity contribution < 1.29 is 9.53 Å². The molecule has 4 nitrogen and oxygen atoms in total. The Morgan fingerprint density at radius 1 is 1.47 bits per heavy atom. The molecular formula is C14H21BrN2O2. The van der Waals surface area contributed by atoms with E-state index in [0.717, 1.165) is 10.0 Å². The summed E-state index contributed by atoms with van der Waals surface area (Å²) in [4.78, 5) is 11.9. The van der Waals surface area contributed by atoms with E-state index in [2.05, 4.69) is 21.2 Å². The first-order valence-electron chi connectivity index (χ1n) is 6.16. The fourth-order valence-corrected chi connectivity index (χ4v) is 2.22. The van der Waals surface area contributed by atoms with Crippen LogP contribution in [0.5, 0.6) is 5.75 Å². The van der Waals surface area contributed by atoms with E-state index in [9.17, 15) is 4.79 Å². The van der Waals surface area contributed by atoms with Gasteiger partial charge in [0.05, 0.1) is 12.8 Å². The highest BCUT2D eigenvalue weighted by molar-refractivity contribution is 9.10. The molecule has 1 aromatic carbocycles. The molecule has 0 aliphatic heterocycles. The Kier molecular flexibility index (Phi) is 5.38. The monoisotopic (exact) mass is 328 g/mol. The molecular weight excluding hydrogens is 308 g/mol. The minimum absolute atomic E-state index is 0.0535. The van der Waals surface area contributed by atoms with E-state index in [-0.39, 0.29) is 11.4 Å². The van der Waals surface area contributed by atoms with E-state index in [1.54, 1.807) is 7.11 Å². The number of hydrogen-bond acceptors (Lipinski definition) is 3. The van der Waals surface area contributed by atoms with E-state index < -0.39 is 0 Å². The topological polar surface area (TPSA) is 64.3 Å². The third-order valence-corrected chi connectivity index (χ3v) is 3.20. The Labute approximate surface area is 122 Å².